The number of amides is 1. The zero-order valence-corrected chi connectivity index (χ0v) is 15.0. The van der Waals surface area contributed by atoms with Crippen molar-refractivity contribution >= 4 is 5.91 Å². The third-order valence-electron chi connectivity index (χ3n) is 5.63. The van der Waals surface area contributed by atoms with E-state index < -0.39 is 6.61 Å². The van der Waals surface area contributed by atoms with E-state index in [-0.39, 0.29) is 17.7 Å². The van der Waals surface area contributed by atoms with Gasteiger partial charge in [-0.1, -0.05) is 0 Å². The number of H-pyrrole nitrogens is 1. The first kappa shape index (κ1) is 17.9. The van der Waals surface area contributed by atoms with Crippen molar-refractivity contribution < 1.29 is 18.3 Å². The van der Waals surface area contributed by atoms with Gasteiger partial charge in [0.15, 0.2) is 0 Å². The Hall–Kier alpha value is -2.48. The predicted octanol–water partition coefficient (Wildman–Crippen LogP) is 3.03. The molecule has 1 aromatic heterocycles. The van der Waals surface area contributed by atoms with Crippen molar-refractivity contribution in [1.29, 1.82) is 0 Å². The van der Waals surface area contributed by atoms with E-state index in [2.05, 4.69) is 32.2 Å². The number of alkyl halides is 2. The highest BCUT2D eigenvalue weighted by Gasteiger charge is 2.38. The van der Waals surface area contributed by atoms with Crippen molar-refractivity contribution in [3.63, 3.8) is 0 Å². The minimum absolute atomic E-state index is 0.0825. The summed E-state index contributed by atoms with van der Waals surface area (Å²) < 4.78 is 28.8. The lowest BCUT2D eigenvalue weighted by Gasteiger charge is -2.36. The second-order valence-corrected chi connectivity index (χ2v) is 7.26. The number of hydrogen-bond acceptors (Lipinski definition) is 4. The maximum absolute atomic E-state index is 12.5. The van der Waals surface area contributed by atoms with E-state index in [1.807, 2.05) is 0 Å². The molecule has 3 heterocycles. The van der Waals surface area contributed by atoms with Crippen molar-refractivity contribution in [2.24, 2.45) is 0 Å². The fourth-order valence-electron chi connectivity index (χ4n) is 4.19. The fourth-order valence-corrected chi connectivity index (χ4v) is 4.19. The normalized spacial score (nSPS) is 25.0. The Kier molecular flexibility index (Phi) is 4.82. The van der Waals surface area contributed by atoms with Crippen LogP contribution in [0.25, 0.3) is 11.3 Å². The molecule has 2 aromatic rings. The molecule has 4 rings (SSSR count). The van der Waals surface area contributed by atoms with E-state index in [0.29, 0.717) is 29.0 Å². The molecular formula is C19H22F2N4O2. The van der Waals surface area contributed by atoms with Gasteiger partial charge in [0, 0.05) is 23.7 Å². The molecule has 0 aliphatic carbocycles. The summed E-state index contributed by atoms with van der Waals surface area (Å²) in [6.07, 6.45) is 4.36. The van der Waals surface area contributed by atoms with E-state index in [0.717, 1.165) is 12.8 Å². The Morgan fingerprint density at radius 1 is 1.26 bits per heavy atom. The van der Waals surface area contributed by atoms with Crippen LogP contribution in [0.15, 0.2) is 30.3 Å². The van der Waals surface area contributed by atoms with Crippen molar-refractivity contribution in [1.82, 2.24) is 20.4 Å². The van der Waals surface area contributed by atoms with Gasteiger partial charge in [0.05, 0.1) is 5.69 Å². The van der Waals surface area contributed by atoms with Gasteiger partial charge in [0.25, 0.3) is 5.91 Å². The summed E-state index contributed by atoms with van der Waals surface area (Å²) in [6.45, 7) is -2.86. The van der Waals surface area contributed by atoms with Crippen molar-refractivity contribution in [3.8, 4) is 17.0 Å². The van der Waals surface area contributed by atoms with Crippen LogP contribution in [0.1, 0.15) is 36.2 Å². The monoisotopic (exact) mass is 376 g/mol. The minimum atomic E-state index is -2.86. The van der Waals surface area contributed by atoms with Gasteiger partial charge >= 0.3 is 6.61 Å². The van der Waals surface area contributed by atoms with Gasteiger partial charge in [-0.15, -0.1) is 0 Å². The number of benzene rings is 1. The Balaban J connectivity index is 1.39. The average Bonchev–Trinajstić information content (AvgIpc) is 3.18. The average molecular weight is 376 g/mol. The first-order valence-corrected chi connectivity index (χ1v) is 9.13. The van der Waals surface area contributed by atoms with Gasteiger partial charge in [0.1, 0.15) is 11.4 Å². The van der Waals surface area contributed by atoms with E-state index in [1.54, 1.807) is 18.2 Å². The van der Waals surface area contributed by atoms with Gasteiger partial charge in [0.2, 0.25) is 0 Å². The number of fused-ring (bicyclic) bond motifs is 2. The number of ether oxygens (including phenoxy) is 1. The molecule has 8 heteroatoms. The van der Waals surface area contributed by atoms with Crippen LogP contribution in [0.4, 0.5) is 8.78 Å². The van der Waals surface area contributed by atoms with Crippen LogP contribution in [0.3, 0.4) is 0 Å². The van der Waals surface area contributed by atoms with E-state index >= 15 is 0 Å². The van der Waals surface area contributed by atoms with Crippen LogP contribution in [0.2, 0.25) is 0 Å². The molecule has 2 bridgehead atoms. The summed E-state index contributed by atoms with van der Waals surface area (Å²) >= 11 is 0. The molecule has 27 heavy (non-hydrogen) atoms. The van der Waals surface area contributed by atoms with Gasteiger partial charge in [-0.2, -0.15) is 13.9 Å². The summed E-state index contributed by atoms with van der Waals surface area (Å²) in [5.41, 5.74) is 1.68. The number of carbonyl (C=O) groups is 1. The van der Waals surface area contributed by atoms with Crippen LogP contribution in [-0.2, 0) is 0 Å². The number of halogens is 2. The van der Waals surface area contributed by atoms with Gasteiger partial charge in [-0.05, 0) is 63.1 Å². The Bertz CT molecular complexity index is 794. The van der Waals surface area contributed by atoms with Gasteiger partial charge < -0.3 is 15.0 Å². The molecule has 6 nitrogen and oxygen atoms in total. The van der Waals surface area contributed by atoms with Gasteiger partial charge in [-0.3, -0.25) is 9.89 Å². The van der Waals surface area contributed by atoms with E-state index in [4.69, 9.17) is 0 Å². The molecule has 1 amide bonds. The zero-order valence-electron chi connectivity index (χ0n) is 15.0. The number of piperidine rings is 1. The van der Waals surface area contributed by atoms with Crippen LogP contribution in [0, 0.1) is 0 Å². The molecule has 2 saturated heterocycles. The van der Waals surface area contributed by atoms with Crippen LogP contribution in [0.5, 0.6) is 5.75 Å². The summed E-state index contributed by atoms with van der Waals surface area (Å²) in [6, 6.07) is 9.12. The fraction of sp³-hybridized carbons (Fsp3) is 0.474. The SMILES string of the molecule is CN1C2CCC1CC(NC(=O)c1cc(-c3ccc(OC(F)F)cc3)n[nH]1)C2. The smallest absolute Gasteiger partial charge is 0.387 e. The Morgan fingerprint density at radius 3 is 2.56 bits per heavy atom. The first-order chi connectivity index (χ1) is 13.0. The van der Waals surface area contributed by atoms with Crippen molar-refractivity contribution in [2.45, 2.75) is 50.4 Å². The quantitative estimate of drug-likeness (QED) is 0.842. The molecule has 2 atom stereocenters. The Morgan fingerprint density at radius 2 is 1.93 bits per heavy atom. The number of rotatable bonds is 5. The molecule has 2 aliphatic rings. The molecular weight excluding hydrogens is 354 g/mol. The summed E-state index contributed by atoms with van der Waals surface area (Å²) in [5, 5.41) is 10.0. The number of aromatic amines is 1. The third kappa shape index (κ3) is 3.80. The van der Waals surface area contributed by atoms with Crippen LogP contribution < -0.4 is 10.1 Å². The zero-order chi connectivity index (χ0) is 19.0. The maximum Gasteiger partial charge on any atom is 0.387 e. The Labute approximate surface area is 155 Å². The highest BCUT2D eigenvalue weighted by atomic mass is 19.3. The number of nitrogens with one attached hydrogen (secondary N) is 2. The minimum Gasteiger partial charge on any atom is -0.435 e. The third-order valence-corrected chi connectivity index (χ3v) is 5.63. The van der Waals surface area contributed by atoms with E-state index in [1.165, 1.54) is 25.0 Å². The second kappa shape index (κ2) is 7.26. The molecule has 0 saturated carbocycles. The standard InChI is InChI=1S/C19H22F2N4O2/c1-25-13-4-5-14(25)9-12(8-13)22-18(26)17-10-16(23-24-17)11-2-6-15(7-3-11)27-19(20)21/h2-3,6-7,10,12-14,19H,4-5,8-9H2,1H3,(H,22,26)(H,23,24). The number of nitrogens with zero attached hydrogens (tertiary/aromatic N) is 2. The topological polar surface area (TPSA) is 70.2 Å². The van der Waals surface area contributed by atoms with Crippen LogP contribution in [-0.4, -0.2) is 52.8 Å². The first-order valence-electron chi connectivity index (χ1n) is 9.13. The van der Waals surface area contributed by atoms with Gasteiger partial charge in [-0.25, -0.2) is 0 Å². The number of carbonyl (C=O) groups excluding carboxylic acids is 1. The summed E-state index contributed by atoms with van der Waals surface area (Å²) in [5.74, 6) is -0.0838. The number of aromatic nitrogens is 2. The lowest BCUT2D eigenvalue weighted by atomic mass is 9.98. The molecule has 0 radical (unpaired) electrons. The largest absolute Gasteiger partial charge is 0.435 e. The molecule has 0 spiro atoms. The molecule has 2 N–H and O–H groups in total. The molecule has 1 aromatic carbocycles. The summed E-state index contributed by atoms with van der Waals surface area (Å²) in [7, 11) is 2.17. The summed E-state index contributed by atoms with van der Waals surface area (Å²) in [4.78, 5) is 15.0. The highest BCUT2D eigenvalue weighted by molar-refractivity contribution is 5.93. The lowest BCUT2D eigenvalue weighted by Crippen LogP contribution is -2.48. The number of hydrogen-bond donors (Lipinski definition) is 2. The molecule has 144 valence electrons. The lowest BCUT2D eigenvalue weighted by molar-refractivity contribution is -0.0498. The second-order valence-electron chi connectivity index (χ2n) is 7.26. The van der Waals surface area contributed by atoms with Crippen LogP contribution >= 0.6 is 0 Å². The van der Waals surface area contributed by atoms with Crippen molar-refractivity contribution in [3.05, 3.63) is 36.0 Å². The predicted molar refractivity (Wildman–Crippen MR) is 95.7 cm³/mol. The molecule has 2 unspecified atom stereocenters. The highest BCUT2D eigenvalue weighted by Crippen LogP contribution is 2.34. The maximum atomic E-state index is 12.5. The molecule has 2 aliphatic heterocycles. The van der Waals surface area contributed by atoms with E-state index in [9.17, 15) is 13.6 Å². The molecule has 2 fully saturated rings. The van der Waals surface area contributed by atoms with Crippen molar-refractivity contribution in [2.75, 3.05) is 7.05 Å².